The maximum atomic E-state index is 12.3. The third-order valence-corrected chi connectivity index (χ3v) is 2.35. The number of alkyl halides is 3. The molecular formula is C7H5Cl2F3N2. The van der Waals surface area contributed by atoms with Gasteiger partial charge in [-0.3, -0.25) is 5.84 Å². The molecule has 0 saturated carbocycles. The van der Waals surface area contributed by atoms with Crippen LogP contribution in [0.5, 0.6) is 0 Å². The lowest BCUT2D eigenvalue weighted by atomic mass is 10.2. The molecule has 0 spiro atoms. The second kappa shape index (κ2) is 3.84. The third-order valence-electron chi connectivity index (χ3n) is 1.54. The molecule has 0 unspecified atom stereocenters. The number of rotatable bonds is 1. The number of hydrogen-bond acceptors (Lipinski definition) is 2. The highest BCUT2D eigenvalue weighted by molar-refractivity contribution is 6.43. The molecule has 1 aromatic rings. The van der Waals surface area contributed by atoms with Gasteiger partial charge in [0, 0.05) is 0 Å². The molecular weight excluding hydrogens is 240 g/mol. The van der Waals surface area contributed by atoms with Crippen molar-refractivity contribution in [2.45, 2.75) is 6.18 Å². The number of anilines is 1. The number of nitrogens with one attached hydrogen (secondary N) is 1. The molecule has 0 fully saturated rings. The predicted molar refractivity (Wildman–Crippen MR) is 49.3 cm³/mol. The molecule has 7 heteroatoms. The van der Waals surface area contributed by atoms with Crippen LogP contribution in [-0.4, -0.2) is 0 Å². The average molecular weight is 245 g/mol. The van der Waals surface area contributed by atoms with Crippen LogP contribution in [0.1, 0.15) is 5.56 Å². The first kappa shape index (κ1) is 11.4. The van der Waals surface area contributed by atoms with E-state index in [9.17, 15) is 13.2 Å². The van der Waals surface area contributed by atoms with Gasteiger partial charge in [-0.25, -0.2) is 0 Å². The summed E-state index contributed by atoms with van der Waals surface area (Å²) in [5.74, 6) is 4.92. The Balaban J connectivity index is 3.39. The van der Waals surface area contributed by atoms with Crippen LogP contribution >= 0.6 is 23.2 Å². The molecule has 1 rings (SSSR count). The molecule has 1 aromatic carbocycles. The Morgan fingerprint density at radius 3 is 2.21 bits per heavy atom. The summed E-state index contributed by atoms with van der Waals surface area (Å²) in [7, 11) is 0. The van der Waals surface area contributed by atoms with Crippen molar-refractivity contribution in [1.29, 1.82) is 0 Å². The van der Waals surface area contributed by atoms with E-state index in [1.165, 1.54) is 0 Å². The molecule has 0 aliphatic heterocycles. The van der Waals surface area contributed by atoms with Gasteiger partial charge < -0.3 is 5.43 Å². The average Bonchev–Trinajstić information content (AvgIpc) is 2.07. The zero-order valence-corrected chi connectivity index (χ0v) is 8.13. The minimum Gasteiger partial charge on any atom is -0.322 e. The normalized spacial score (nSPS) is 11.6. The van der Waals surface area contributed by atoms with E-state index in [0.29, 0.717) is 0 Å². The van der Waals surface area contributed by atoms with Crippen LogP contribution in [0.25, 0.3) is 0 Å². The van der Waals surface area contributed by atoms with Crippen molar-refractivity contribution < 1.29 is 13.2 Å². The van der Waals surface area contributed by atoms with E-state index in [-0.39, 0.29) is 10.0 Å². The molecule has 0 aliphatic carbocycles. The van der Waals surface area contributed by atoms with Crippen LogP contribution in [0.3, 0.4) is 0 Å². The second-order valence-electron chi connectivity index (χ2n) is 2.43. The first-order chi connectivity index (χ1) is 6.38. The van der Waals surface area contributed by atoms with Crippen molar-refractivity contribution in [3.05, 3.63) is 27.7 Å². The largest absolute Gasteiger partial charge is 0.418 e. The summed E-state index contributed by atoms with van der Waals surface area (Å²) < 4.78 is 37.0. The van der Waals surface area contributed by atoms with Crippen LogP contribution in [0, 0.1) is 0 Å². The number of nitrogens with two attached hydrogens (primary N) is 1. The summed E-state index contributed by atoms with van der Waals surface area (Å²) in [5, 5.41) is -0.239. The summed E-state index contributed by atoms with van der Waals surface area (Å²) in [5.41, 5.74) is 0.501. The van der Waals surface area contributed by atoms with Gasteiger partial charge in [-0.15, -0.1) is 0 Å². The molecule has 0 amide bonds. The van der Waals surface area contributed by atoms with Gasteiger partial charge in [-0.2, -0.15) is 13.2 Å². The van der Waals surface area contributed by atoms with Crippen LogP contribution < -0.4 is 11.3 Å². The van der Waals surface area contributed by atoms with Crippen molar-refractivity contribution >= 4 is 28.9 Å². The summed E-state index contributed by atoms with van der Waals surface area (Å²) in [6.07, 6.45) is -4.52. The minimum absolute atomic E-state index is 0.00705. The number of hydrazine groups is 1. The fraction of sp³-hybridized carbons (Fsp3) is 0.143. The monoisotopic (exact) mass is 244 g/mol. The van der Waals surface area contributed by atoms with E-state index >= 15 is 0 Å². The first-order valence-corrected chi connectivity index (χ1v) is 4.15. The molecule has 0 atom stereocenters. The second-order valence-corrected chi connectivity index (χ2v) is 3.21. The van der Waals surface area contributed by atoms with Gasteiger partial charge in [0.1, 0.15) is 0 Å². The number of nitrogen functional groups attached to an aromatic ring is 1. The molecule has 0 bridgehead atoms. The molecule has 2 nitrogen and oxygen atoms in total. The maximum Gasteiger partial charge on any atom is 0.418 e. The van der Waals surface area contributed by atoms with Gasteiger partial charge in [0.15, 0.2) is 0 Å². The highest BCUT2D eigenvalue weighted by Crippen LogP contribution is 2.40. The Labute approximate surface area is 87.8 Å². The number of halogens is 5. The van der Waals surface area contributed by atoms with Crippen LogP contribution in [0.15, 0.2) is 12.1 Å². The van der Waals surface area contributed by atoms with E-state index in [2.05, 4.69) is 0 Å². The fourth-order valence-electron chi connectivity index (χ4n) is 0.928. The van der Waals surface area contributed by atoms with Crippen LogP contribution in [0.4, 0.5) is 18.9 Å². The number of benzene rings is 1. The maximum absolute atomic E-state index is 12.3. The molecule has 0 aliphatic rings. The van der Waals surface area contributed by atoms with Crippen molar-refractivity contribution in [2.24, 2.45) is 5.84 Å². The lowest BCUT2D eigenvalue weighted by Gasteiger charge is -2.14. The Bertz CT molecular complexity index is 352. The van der Waals surface area contributed by atoms with Crippen molar-refractivity contribution in [1.82, 2.24) is 0 Å². The van der Waals surface area contributed by atoms with Gasteiger partial charge in [0.05, 0.1) is 21.3 Å². The minimum atomic E-state index is -4.52. The molecule has 0 aromatic heterocycles. The van der Waals surface area contributed by atoms with E-state index in [4.69, 9.17) is 29.0 Å². The standard InChI is InChI=1S/C7H5Cl2F3N2/c8-4-2-1-3(7(10,11)12)6(14-13)5(4)9/h1-2,14H,13H2. The quantitative estimate of drug-likeness (QED) is 0.588. The zero-order chi connectivity index (χ0) is 10.9. The summed E-state index contributed by atoms with van der Waals surface area (Å²) in [4.78, 5) is 0. The van der Waals surface area contributed by atoms with E-state index < -0.39 is 17.4 Å². The first-order valence-electron chi connectivity index (χ1n) is 3.39. The topological polar surface area (TPSA) is 38.0 Å². The Morgan fingerprint density at radius 2 is 1.79 bits per heavy atom. The van der Waals surface area contributed by atoms with Crippen molar-refractivity contribution in [2.75, 3.05) is 5.43 Å². The van der Waals surface area contributed by atoms with Gasteiger partial charge in [0.25, 0.3) is 0 Å². The van der Waals surface area contributed by atoms with Crippen LogP contribution in [0.2, 0.25) is 10.0 Å². The van der Waals surface area contributed by atoms with Crippen molar-refractivity contribution in [3.8, 4) is 0 Å². The van der Waals surface area contributed by atoms with Crippen LogP contribution in [-0.2, 0) is 6.18 Å². The fourth-order valence-corrected chi connectivity index (χ4v) is 1.30. The molecule has 0 saturated heterocycles. The Kier molecular flexibility index (Phi) is 3.14. The lowest BCUT2D eigenvalue weighted by Crippen LogP contribution is -2.15. The highest BCUT2D eigenvalue weighted by atomic mass is 35.5. The smallest absolute Gasteiger partial charge is 0.322 e. The van der Waals surface area contributed by atoms with Gasteiger partial charge >= 0.3 is 6.18 Å². The summed E-state index contributed by atoms with van der Waals surface area (Å²) in [6.45, 7) is 0. The summed E-state index contributed by atoms with van der Waals surface area (Å²) >= 11 is 11.0. The molecule has 78 valence electrons. The van der Waals surface area contributed by atoms with Gasteiger partial charge in [-0.1, -0.05) is 23.2 Å². The molecule has 0 heterocycles. The highest BCUT2D eigenvalue weighted by Gasteiger charge is 2.34. The zero-order valence-electron chi connectivity index (χ0n) is 6.62. The summed E-state index contributed by atoms with van der Waals surface area (Å²) in [6, 6.07) is 1.87. The molecule has 14 heavy (non-hydrogen) atoms. The Morgan fingerprint density at radius 1 is 1.21 bits per heavy atom. The Hall–Kier alpha value is -0.650. The molecule has 3 N–H and O–H groups in total. The van der Waals surface area contributed by atoms with Gasteiger partial charge in [0.2, 0.25) is 0 Å². The molecule has 0 radical (unpaired) electrons. The van der Waals surface area contributed by atoms with Gasteiger partial charge in [-0.05, 0) is 12.1 Å². The van der Waals surface area contributed by atoms with Crippen molar-refractivity contribution in [3.63, 3.8) is 0 Å². The van der Waals surface area contributed by atoms with E-state index in [1.807, 2.05) is 5.43 Å². The van der Waals surface area contributed by atoms with E-state index in [1.54, 1.807) is 0 Å². The van der Waals surface area contributed by atoms with E-state index in [0.717, 1.165) is 12.1 Å². The lowest BCUT2D eigenvalue weighted by molar-refractivity contribution is -0.136. The predicted octanol–water partition coefficient (Wildman–Crippen LogP) is 3.30. The SMILES string of the molecule is NNc1c(C(F)(F)F)ccc(Cl)c1Cl. The third kappa shape index (κ3) is 2.05. The number of hydrogen-bond donors (Lipinski definition) is 2.